The first kappa shape index (κ1) is 28.0. The summed E-state index contributed by atoms with van der Waals surface area (Å²) in [4.78, 5) is 27.7. The molecule has 0 bridgehead atoms. The van der Waals surface area contributed by atoms with Crippen molar-refractivity contribution < 1.29 is 18.0 Å². The van der Waals surface area contributed by atoms with Crippen LogP contribution < -0.4 is 9.62 Å². The van der Waals surface area contributed by atoms with Gasteiger partial charge in [-0.15, -0.1) is 0 Å². The summed E-state index contributed by atoms with van der Waals surface area (Å²) in [7, 11) is -3.81. The minimum Gasteiger partial charge on any atom is -0.352 e. The molecule has 0 unspecified atom stereocenters. The monoisotopic (exact) mass is 527 g/mol. The molecule has 0 aromatic heterocycles. The number of nitrogens with one attached hydrogen (secondary N) is 1. The molecule has 10 heteroatoms. The lowest BCUT2D eigenvalue weighted by Gasteiger charge is -2.32. The van der Waals surface area contributed by atoms with Crippen molar-refractivity contribution in [1.29, 1.82) is 0 Å². The third-order valence-electron chi connectivity index (χ3n) is 5.51. The Morgan fingerprint density at radius 1 is 1.00 bits per heavy atom. The Morgan fingerprint density at radius 3 is 2.09 bits per heavy atom. The molecule has 0 spiro atoms. The van der Waals surface area contributed by atoms with E-state index in [-0.39, 0.29) is 18.5 Å². The average molecular weight is 529 g/mol. The van der Waals surface area contributed by atoms with Gasteiger partial charge >= 0.3 is 0 Å². The molecule has 0 aliphatic rings. The van der Waals surface area contributed by atoms with Gasteiger partial charge in [-0.3, -0.25) is 13.9 Å². The van der Waals surface area contributed by atoms with Crippen molar-refractivity contribution in [2.24, 2.45) is 0 Å². The Labute approximate surface area is 212 Å². The molecular weight excluding hydrogens is 497 g/mol. The molecule has 2 amide bonds. The van der Waals surface area contributed by atoms with E-state index in [0.717, 1.165) is 21.7 Å². The molecule has 34 heavy (non-hydrogen) atoms. The number of anilines is 1. The van der Waals surface area contributed by atoms with E-state index in [9.17, 15) is 18.0 Å². The smallest absolute Gasteiger partial charge is 0.244 e. The van der Waals surface area contributed by atoms with E-state index in [4.69, 9.17) is 23.2 Å². The van der Waals surface area contributed by atoms with Crippen LogP contribution >= 0.6 is 23.2 Å². The van der Waals surface area contributed by atoms with Crippen LogP contribution in [0.25, 0.3) is 0 Å². The number of sulfonamides is 1. The second-order valence-electron chi connectivity index (χ2n) is 8.55. The van der Waals surface area contributed by atoms with Gasteiger partial charge < -0.3 is 10.2 Å². The van der Waals surface area contributed by atoms with Crippen LogP contribution in [-0.2, 0) is 26.2 Å². The van der Waals surface area contributed by atoms with E-state index in [1.54, 1.807) is 44.2 Å². The lowest BCUT2D eigenvalue weighted by atomic mass is 10.1. The highest BCUT2D eigenvalue weighted by molar-refractivity contribution is 7.92. The number of benzene rings is 2. The van der Waals surface area contributed by atoms with Gasteiger partial charge in [0.2, 0.25) is 21.8 Å². The van der Waals surface area contributed by atoms with Gasteiger partial charge in [0.15, 0.2) is 0 Å². The van der Waals surface area contributed by atoms with E-state index in [1.165, 1.54) is 4.90 Å². The zero-order valence-electron chi connectivity index (χ0n) is 20.2. The first-order valence-corrected chi connectivity index (χ1v) is 13.4. The fraction of sp³-hybridized carbons (Fsp3) is 0.417. The molecule has 7 nitrogen and oxygen atoms in total. The third-order valence-corrected chi connectivity index (χ3v) is 7.35. The Balaban J connectivity index is 2.50. The van der Waals surface area contributed by atoms with Gasteiger partial charge in [0, 0.05) is 28.2 Å². The van der Waals surface area contributed by atoms with Crippen molar-refractivity contribution in [2.75, 3.05) is 17.1 Å². The standard InChI is InChI=1S/C24H31Cl2N3O4S/c1-15(2)27-24(31)18(5)28(13-19-20(25)10-8-11-21(19)26)23(30)14-29(34(6,32)33)22-12-7-9-16(3)17(22)4/h7-12,15,18H,13-14H2,1-6H3,(H,27,31)/t18-/m1/s1. The number of nitrogens with zero attached hydrogens (tertiary/aromatic N) is 2. The molecule has 0 heterocycles. The third kappa shape index (κ3) is 6.87. The number of amides is 2. The van der Waals surface area contributed by atoms with Gasteiger partial charge in [-0.25, -0.2) is 8.42 Å². The maximum Gasteiger partial charge on any atom is 0.244 e. The van der Waals surface area contributed by atoms with Crippen molar-refractivity contribution in [3.63, 3.8) is 0 Å². The SMILES string of the molecule is Cc1cccc(N(CC(=O)N(Cc2c(Cl)cccc2Cl)[C@H](C)C(=O)NC(C)C)S(C)(=O)=O)c1C. The molecule has 0 saturated heterocycles. The number of carbonyl (C=O) groups is 2. The van der Waals surface area contributed by atoms with Crippen LogP contribution in [-0.4, -0.2) is 50.0 Å². The lowest BCUT2D eigenvalue weighted by Crippen LogP contribution is -2.52. The van der Waals surface area contributed by atoms with Crippen LogP contribution in [0.15, 0.2) is 36.4 Å². The molecule has 0 radical (unpaired) electrons. The fourth-order valence-corrected chi connectivity index (χ4v) is 4.86. The van der Waals surface area contributed by atoms with Crippen LogP contribution in [0.4, 0.5) is 5.69 Å². The van der Waals surface area contributed by atoms with Crippen LogP contribution in [0.2, 0.25) is 10.0 Å². The van der Waals surface area contributed by atoms with Crippen LogP contribution in [0.5, 0.6) is 0 Å². The van der Waals surface area contributed by atoms with Gasteiger partial charge in [-0.05, 0) is 63.9 Å². The molecule has 186 valence electrons. The van der Waals surface area contributed by atoms with Gasteiger partial charge in [0.25, 0.3) is 0 Å². The summed E-state index contributed by atoms with van der Waals surface area (Å²) in [5, 5.41) is 3.48. The molecule has 1 N–H and O–H groups in total. The maximum absolute atomic E-state index is 13.6. The minimum absolute atomic E-state index is 0.0611. The zero-order chi connectivity index (χ0) is 25.8. The van der Waals surface area contributed by atoms with E-state index < -0.39 is 28.5 Å². The summed E-state index contributed by atoms with van der Waals surface area (Å²) >= 11 is 12.7. The topological polar surface area (TPSA) is 86.8 Å². The van der Waals surface area contributed by atoms with E-state index in [1.807, 2.05) is 26.8 Å². The summed E-state index contributed by atoms with van der Waals surface area (Å²) in [6.07, 6.45) is 1.05. The molecule has 0 saturated carbocycles. The summed E-state index contributed by atoms with van der Waals surface area (Å²) in [5.74, 6) is -0.933. The Kier molecular flexibility index (Phi) is 9.39. The molecule has 2 aromatic rings. The predicted molar refractivity (Wildman–Crippen MR) is 138 cm³/mol. The number of rotatable bonds is 9. The number of carbonyl (C=O) groups excluding carboxylic acids is 2. The highest BCUT2D eigenvalue weighted by Crippen LogP contribution is 2.28. The summed E-state index contributed by atoms with van der Waals surface area (Å²) in [5.41, 5.74) is 2.52. The molecule has 0 aliphatic carbocycles. The van der Waals surface area contributed by atoms with Gasteiger partial charge in [0.05, 0.1) is 11.9 Å². The molecule has 0 aliphatic heterocycles. The molecule has 2 aromatic carbocycles. The minimum atomic E-state index is -3.81. The zero-order valence-corrected chi connectivity index (χ0v) is 22.6. The van der Waals surface area contributed by atoms with Crippen molar-refractivity contribution in [1.82, 2.24) is 10.2 Å². The lowest BCUT2D eigenvalue weighted by molar-refractivity contribution is -0.139. The Hall–Kier alpha value is -2.29. The first-order chi connectivity index (χ1) is 15.7. The predicted octanol–water partition coefficient (Wildman–Crippen LogP) is 4.32. The van der Waals surface area contributed by atoms with E-state index in [2.05, 4.69) is 5.32 Å². The second-order valence-corrected chi connectivity index (χ2v) is 11.3. The molecule has 0 fully saturated rings. The summed E-state index contributed by atoms with van der Waals surface area (Å²) in [6.45, 7) is 8.34. The van der Waals surface area contributed by atoms with Crippen LogP contribution in [0.3, 0.4) is 0 Å². The van der Waals surface area contributed by atoms with Crippen molar-refractivity contribution in [3.8, 4) is 0 Å². The quantitative estimate of drug-likeness (QED) is 0.526. The molecule has 2 rings (SSSR count). The number of hydrogen-bond donors (Lipinski definition) is 1. The number of halogens is 2. The van der Waals surface area contributed by atoms with Crippen molar-refractivity contribution >= 4 is 50.7 Å². The van der Waals surface area contributed by atoms with E-state index >= 15 is 0 Å². The number of hydrogen-bond acceptors (Lipinski definition) is 4. The number of aryl methyl sites for hydroxylation is 1. The van der Waals surface area contributed by atoms with Gasteiger partial charge in [-0.2, -0.15) is 0 Å². The molecular formula is C24H31Cl2N3O4S. The summed E-state index contributed by atoms with van der Waals surface area (Å²) < 4.78 is 26.5. The Bertz CT molecular complexity index is 1150. The average Bonchev–Trinajstić information content (AvgIpc) is 2.72. The Morgan fingerprint density at radius 2 is 1.56 bits per heavy atom. The van der Waals surface area contributed by atoms with Crippen LogP contribution in [0, 0.1) is 13.8 Å². The fourth-order valence-electron chi connectivity index (χ4n) is 3.44. The van der Waals surface area contributed by atoms with Gasteiger partial charge in [-0.1, -0.05) is 41.4 Å². The normalized spacial score (nSPS) is 12.4. The highest BCUT2D eigenvalue weighted by Gasteiger charge is 2.31. The summed E-state index contributed by atoms with van der Waals surface area (Å²) in [6, 6.07) is 9.18. The molecule has 1 atom stereocenters. The van der Waals surface area contributed by atoms with Crippen molar-refractivity contribution in [2.45, 2.75) is 53.2 Å². The maximum atomic E-state index is 13.6. The highest BCUT2D eigenvalue weighted by atomic mass is 35.5. The largest absolute Gasteiger partial charge is 0.352 e. The van der Waals surface area contributed by atoms with E-state index in [0.29, 0.717) is 21.3 Å². The van der Waals surface area contributed by atoms with Crippen molar-refractivity contribution in [3.05, 3.63) is 63.1 Å². The van der Waals surface area contributed by atoms with Gasteiger partial charge in [0.1, 0.15) is 12.6 Å². The first-order valence-electron chi connectivity index (χ1n) is 10.8. The second kappa shape index (κ2) is 11.4. The van der Waals surface area contributed by atoms with Crippen LogP contribution in [0.1, 0.15) is 37.5 Å².